The highest BCUT2D eigenvalue weighted by Gasteiger charge is 2.50. The van der Waals surface area contributed by atoms with Crippen molar-refractivity contribution in [1.29, 1.82) is 5.26 Å². The molecule has 0 bridgehead atoms. The highest BCUT2D eigenvalue weighted by atomic mass is 35.5. The van der Waals surface area contributed by atoms with Crippen molar-refractivity contribution in [2.45, 2.75) is 81.6 Å². The summed E-state index contributed by atoms with van der Waals surface area (Å²) in [4.78, 5) is 2.28. The van der Waals surface area contributed by atoms with Crippen LogP contribution in [-0.2, 0) is 22.7 Å². The Hall–Kier alpha value is -1.53. The van der Waals surface area contributed by atoms with Crippen LogP contribution in [0.15, 0.2) is 48.5 Å². The van der Waals surface area contributed by atoms with Crippen LogP contribution in [0.4, 0.5) is 0 Å². The lowest BCUT2D eigenvalue weighted by Gasteiger charge is -2.26. The van der Waals surface area contributed by atoms with Crippen LogP contribution in [0.3, 0.4) is 0 Å². The first-order chi connectivity index (χ1) is 14.8. The molecule has 2 aromatic rings. The maximum atomic E-state index is 7.32. The first kappa shape index (κ1) is 24.1. The molecule has 0 saturated heterocycles. The molecule has 0 spiro atoms. The van der Waals surface area contributed by atoms with E-state index in [2.05, 4.69) is 67.3 Å². The summed E-state index contributed by atoms with van der Waals surface area (Å²) in [7, 11) is 0. The molecule has 2 aromatic carbocycles. The summed E-state index contributed by atoms with van der Waals surface area (Å²) in [6, 6.07) is 20.0. The molecule has 2 nitrogen and oxygen atoms in total. The van der Waals surface area contributed by atoms with E-state index in [1.165, 1.54) is 29.2 Å². The van der Waals surface area contributed by atoms with Gasteiger partial charge in [-0.15, -0.1) is 23.2 Å². The van der Waals surface area contributed by atoms with Crippen LogP contribution in [0.5, 0.6) is 0 Å². The van der Waals surface area contributed by atoms with E-state index in [0.29, 0.717) is 6.04 Å². The monoisotopic (exact) mass is 456 g/mol. The fourth-order valence-electron chi connectivity index (χ4n) is 4.09. The Kier molecular flexibility index (Phi) is 8.08. The molecule has 0 radical (unpaired) electrons. The van der Waals surface area contributed by atoms with E-state index in [4.69, 9.17) is 28.5 Å². The van der Waals surface area contributed by atoms with Gasteiger partial charge >= 0.3 is 0 Å². The summed E-state index contributed by atoms with van der Waals surface area (Å²) in [6.45, 7) is 8.13. The minimum absolute atomic E-state index is 0.136. The van der Waals surface area contributed by atoms with E-state index >= 15 is 0 Å². The fraction of sp³-hybridized carbons (Fsp3) is 0.519. The van der Waals surface area contributed by atoms with E-state index in [-0.39, 0.29) is 9.75 Å². The van der Waals surface area contributed by atoms with Crippen molar-refractivity contribution in [1.82, 2.24) is 4.90 Å². The van der Waals surface area contributed by atoms with Crippen molar-refractivity contribution < 1.29 is 0 Å². The molecule has 2 fully saturated rings. The van der Waals surface area contributed by atoms with E-state index in [1.54, 1.807) is 6.07 Å². The van der Waals surface area contributed by atoms with Gasteiger partial charge in [0, 0.05) is 19.5 Å². The summed E-state index contributed by atoms with van der Waals surface area (Å²) in [5.74, 6) is 0. The zero-order chi connectivity index (χ0) is 22.5. The van der Waals surface area contributed by atoms with Crippen molar-refractivity contribution in [2.75, 3.05) is 6.54 Å². The summed E-state index contributed by atoms with van der Waals surface area (Å²) < 4.78 is 0. The van der Waals surface area contributed by atoms with E-state index in [9.17, 15) is 0 Å². The predicted octanol–water partition coefficient (Wildman–Crippen LogP) is 7.52. The van der Waals surface area contributed by atoms with Crippen LogP contribution >= 0.6 is 23.2 Å². The zero-order valence-corrected chi connectivity index (χ0v) is 20.5. The summed E-state index contributed by atoms with van der Waals surface area (Å²) in [6.07, 6.45) is 6.57. The maximum absolute atomic E-state index is 7.32. The Morgan fingerprint density at radius 3 is 2.06 bits per heavy atom. The van der Waals surface area contributed by atoms with E-state index in [1.807, 2.05) is 0 Å². The lowest BCUT2D eigenvalue weighted by atomic mass is 9.94. The van der Waals surface area contributed by atoms with E-state index < -0.39 is 0 Å². The third-order valence-electron chi connectivity index (χ3n) is 6.30. The molecule has 0 aromatic heterocycles. The van der Waals surface area contributed by atoms with Gasteiger partial charge in [0.25, 0.3) is 0 Å². The normalized spacial score (nSPS) is 17.6. The molecule has 166 valence electrons. The lowest BCUT2D eigenvalue weighted by Crippen LogP contribution is -2.31. The average molecular weight is 457 g/mol. The van der Waals surface area contributed by atoms with Gasteiger partial charge in [-0.25, -0.2) is 0 Å². The zero-order valence-electron chi connectivity index (χ0n) is 19.0. The van der Waals surface area contributed by atoms with Gasteiger partial charge in [0.1, 0.15) is 0 Å². The molecule has 4 rings (SSSR count). The first-order valence-electron chi connectivity index (χ1n) is 11.4. The molecular weight excluding hydrogens is 423 g/mol. The smallest absolute Gasteiger partial charge is 0.0699 e. The molecule has 0 heterocycles. The van der Waals surface area contributed by atoms with Gasteiger partial charge in [0.15, 0.2) is 0 Å². The number of benzene rings is 2. The number of alkyl halides is 2. The molecule has 2 saturated carbocycles. The Labute approximate surface area is 198 Å². The number of halogens is 2. The topological polar surface area (TPSA) is 27.0 Å². The molecule has 31 heavy (non-hydrogen) atoms. The summed E-state index contributed by atoms with van der Waals surface area (Å²) in [5.41, 5.74) is 5.38. The number of hydrogen-bond donors (Lipinski definition) is 0. The van der Waals surface area contributed by atoms with Crippen LogP contribution in [0.2, 0.25) is 0 Å². The highest BCUT2D eigenvalue weighted by molar-refractivity contribution is 6.28. The Balaban J connectivity index is 0.000000858. The summed E-state index contributed by atoms with van der Waals surface area (Å²) >= 11 is 13.6. The second-order valence-electron chi connectivity index (χ2n) is 9.19. The van der Waals surface area contributed by atoms with Crippen molar-refractivity contribution >= 4 is 23.2 Å². The number of aryl methyl sites for hydroxylation is 1. The molecule has 0 amide bonds. The van der Waals surface area contributed by atoms with Gasteiger partial charge in [0.05, 0.1) is 15.8 Å². The van der Waals surface area contributed by atoms with E-state index in [0.717, 1.165) is 51.6 Å². The third kappa shape index (κ3) is 6.48. The Morgan fingerprint density at radius 1 is 0.935 bits per heavy atom. The first-order valence-corrected chi connectivity index (χ1v) is 12.2. The largest absolute Gasteiger partial charge is 0.297 e. The molecule has 2 aliphatic rings. The number of nitrogens with zero attached hydrogens (tertiary/aromatic N) is 2. The quantitative estimate of drug-likeness (QED) is 0.364. The van der Waals surface area contributed by atoms with Crippen molar-refractivity contribution in [3.63, 3.8) is 0 Å². The molecule has 0 atom stereocenters. The minimum Gasteiger partial charge on any atom is -0.297 e. The SMILES string of the molecule is CC#N.CC(C)N(CCCc1ccc(C2(Cl)CC2)c(C2(Cl)CC2)c1)Cc1ccccc1. The Bertz CT molecular complexity index is 893. The number of nitriles is 1. The molecule has 0 N–H and O–H groups in total. The van der Waals surface area contributed by atoms with Crippen molar-refractivity contribution in [3.05, 3.63) is 70.8 Å². The lowest BCUT2D eigenvalue weighted by molar-refractivity contribution is 0.210. The van der Waals surface area contributed by atoms with Gasteiger partial charge in [0.2, 0.25) is 0 Å². The van der Waals surface area contributed by atoms with Gasteiger partial charge in [-0.05, 0) is 81.2 Å². The number of rotatable bonds is 9. The van der Waals surface area contributed by atoms with Gasteiger partial charge in [-0.3, -0.25) is 4.90 Å². The van der Waals surface area contributed by atoms with Gasteiger partial charge < -0.3 is 0 Å². The predicted molar refractivity (Wildman–Crippen MR) is 132 cm³/mol. The van der Waals surface area contributed by atoms with Gasteiger partial charge in [-0.2, -0.15) is 5.26 Å². The van der Waals surface area contributed by atoms with Crippen molar-refractivity contribution in [2.24, 2.45) is 0 Å². The van der Waals surface area contributed by atoms with Crippen LogP contribution in [-0.4, -0.2) is 17.5 Å². The molecule has 2 aliphatic carbocycles. The second kappa shape index (κ2) is 10.4. The summed E-state index contributed by atoms with van der Waals surface area (Å²) in [5, 5.41) is 7.32. The Morgan fingerprint density at radius 2 is 1.52 bits per heavy atom. The van der Waals surface area contributed by atoms with Crippen LogP contribution in [0, 0.1) is 11.3 Å². The molecule has 0 unspecified atom stereocenters. The standard InChI is InChI=1S/C25H31Cl2N.C2H3N/c1-19(2)28(18-21-7-4-3-5-8-21)16-6-9-20-10-11-22(24(26)12-13-24)23(17-20)25(27)14-15-25;1-2-3/h3-5,7-8,10-11,17,19H,6,9,12-16,18H2,1-2H3;1H3. The fourth-order valence-corrected chi connectivity index (χ4v) is 4.60. The number of hydrogen-bond acceptors (Lipinski definition) is 2. The maximum Gasteiger partial charge on any atom is 0.0699 e. The van der Waals surface area contributed by atoms with Gasteiger partial charge in [-0.1, -0.05) is 48.5 Å². The molecule has 0 aliphatic heterocycles. The van der Waals surface area contributed by atoms with Crippen LogP contribution < -0.4 is 0 Å². The second-order valence-corrected chi connectivity index (χ2v) is 10.6. The molecule has 4 heteroatoms. The van der Waals surface area contributed by atoms with Crippen molar-refractivity contribution in [3.8, 4) is 6.07 Å². The molecular formula is C27H34Cl2N2. The average Bonchev–Trinajstić information content (AvgIpc) is 3.68. The highest BCUT2D eigenvalue weighted by Crippen LogP contribution is 2.60. The minimum atomic E-state index is -0.146. The van der Waals surface area contributed by atoms with Crippen LogP contribution in [0.1, 0.15) is 75.1 Å². The third-order valence-corrected chi connectivity index (χ3v) is 7.46. The van der Waals surface area contributed by atoms with Crippen LogP contribution in [0.25, 0.3) is 0 Å².